The Kier molecular flexibility index (Phi) is 1.95. The number of hydrogen-bond acceptors (Lipinski definition) is 0. The van der Waals surface area contributed by atoms with Gasteiger partial charge in [-0.25, -0.2) is 0 Å². The molecular formula is C11H19. The third-order valence-electron chi connectivity index (χ3n) is 3.92. The Morgan fingerprint density at radius 2 is 1.55 bits per heavy atom. The fourth-order valence-electron chi connectivity index (χ4n) is 3.08. The Labute approximate surface area is 70.4 Å². The zero-order valence-electron chi connectivity index (χ0n) is 7.66. The molecule has 2 rings (SSSR count). The van der Waals surface area contributed by atoms with Crippen molar-refractivity contribution in [1.29, 1.82) is 0 Å². The van der Waals surface area contributed by atoms with Crippen LogP contribution in [0.1, 0.15) is 58.3 Å². The van der Waals surface area contributed by atoms with Crippen LogP contribution in [0.4, 0.5) is 0 Å². The highest BCUT2D eigenvalue weighted by atomic mass is 14.4. The highest BCUT2D eigenvalue weighted by Crippen LogP contribution is 2.53. The molecule has 11 heavy (non-hydrogen) atoms. The molecule has 2 fully saturated rings. The lowest BCUT2D eigenvalue weighted by Gasteiger charge is -2.37. The summed E-state index contributed by atoms with van der Waals surface area (Å²) >= 11 is 0. The summed E-state index contributed by atoms with van der Waals surface area (Å²) in [5.41, 5.74) is 0.748. The topological polar surface area (TPSA) is 0 Å². The van der Waals surface area contributed by atoms with Gasteiger partial charge >= 0.3 is 0 Å². The van der Waals surface area contributed by atoms with Gasteiger partial charge < -0.3 is 0 Å². The quantitative estimate of drug-likeness (QED) is 0.495. The fraction of sp³-hybridized carbons (Fsp3) is 0.909. The first-order valence-corrected chi connectivity index (χ1v) is 5.16. The van der Waals surface area contributed by atoms with E-state index in [9.17, 15) is 0 Å². The summed E-state index contributed by atoms with van der Waals surface area (Å²) in [7, 11) is 0. The van der Waals surface area contributed by atoms with Crippen molar-refractivity contribution in [3.05, 3.63) is 5.92 Å². The molecule has 0 saturated heterocycles. The second kappa shape index (κ2) is 2.80. The van der Waals surface area contributed by atoms with Gasteiger partial charge in [-0.1, -0.05) is 32.6 Å². The van der Waals surface area contributed by atoms with Crippen molar-refractivity contribution in [2.75, 3.05) is 0 Å². The van der Waals surface area contributed by atoms with E-state index in [4.69, 9.17) is 0 Å². The first-order valence-electron chi connectivity index (χ1n) is 5.16. The van der Waals surface area contributed by atoms with Crippen molar-refractivity contribution >= 4 is 0 Å². The number of rotatable bonds is 0. The summed E-state index contributed by atoms with van der Waals surface area (Å²) in [6.07, 6.45) is 11.9. The smallest absolute Gasteiger partial charge is 0.0210 e. The molecule has 0 aromatic heterocycles. The van der Waals surface area contributed by atoms with Crippen LogP contribution in [0.3, 0.4) is 0 Å². The van der Waals surface area contributed by atoms with Gasteiger partial charge in [0.15, 0.2) is 0 Å². The molecule has 2 aliphatic carbocycles. The Hall–Kier alpha value is 0. The average molecular weight is 151 g/mol. The summed E-state index contributed by atoms with van der Waals surface area (Å²) in [5, 5.41) is 0. The van der Waals surface area contributed by atoms with E-state index >= 15 is 0 Å². The zero-order chi connectivity index (χ0) is 7.73. The summed E-state index contributed by atoms with van der Waals surface area (Å²) in [4.78, 5) is 0. The van der Waals surface area contributed by atoms with Crippen LogP contribution in [0.2, 0.25) is 0 Å². The SMILES string of the molecule is C[C]1CCCC12CCCCC2. The van der Waals surface area contributed by atoms with Crippen molar-refractivity contribution < 1.29 is 0 Å². The Balaban J connectivity index is 2.06. The van der Waals surface area contributed by atoms with Crippen LogP contribution in [0, 0.1) is 11.3 Å². The van der Waals surface area contributed by atoms with E-state index in [0.29, 0.717) is 0 Å². The van der Waals surface area contributed by atoms with Crippen molar-refractivity contribution in [1.82, 2.24) is 0 Å². The van der Waals surface area contributed by atoms with E-state index in [1.54, 1.807) is 0 Å². The minimum atomic E-state index is 0.748. The van der Waals surface area contributed by atoms with E-state index in [2.05, 4.69) is 6.92 Å². The molecule has 0 amide bonds. The zero-order valence-corrected chi connectivity index (χ0v) is 7.66. The molecule has 0 N–H and O–H groups in total. The molecule has 1 radical (unpaired) electrons. The molecule has 0 atom stereocenters. The van der Waals surface area contributed by atoms with Crippen molar-refractivity contribution in [2.45, 2.75) is 58.3 Å². The van der Waals surface area contributed by atoms with Gasteiger partial charge in [0.05, 0.1) is 0 Å². The molecule has 1 spiro atoms. The van der Waals surface area contributed by atoms with E-state index in [1.165, 1.54) is 51.4 Å². The lowest BCUT2D eigenvalue weighted by Crippen LogP contribution is -2.25. The third kappa shape index (κ3) is 1.21. The Morgan fingerprint density at radius 3 is 2.09 bits per heavy atom. The van der Waals surface area contributed by atoms with Crippen molar-refractivity contribution in [3.8, 4) is 0 Å². The van der Waals surface area contributed by atoms with Gasteiger partial charge in [0.25, 0.3) is 0 Å². The first kappa shape index (κ1) is 7.64. The third-order valence-corrected chi connectivity index (χ3v) is 3.92. The van der Waals surface area contributed by atoms with Gasteiger partial charge in [-0.05, 0) is 37.0 Å². The number of hydrogen-bond donors (Lipinski definition) is 0. The van der Waals surface area contributed by atoms with E-state index in [0.717, 1.165) is 5.41 Å². The molecule has 0 aromatic rings. The average Bonchev–Trinajstić information content (AvgIpc) is 2.36. The normalized spacial score (nSPS) is 31.4. The van der Waals surface area contributed by atoms with Crippen LogP contribution in [-0.4, -0.2) is 0 Å². The summed E-state index contributed by atoms with van der Waals surface area (Å²) in [6.45, 7) is 2.40. The maximum absolute atomic E-state index is 2.40. The summed E-state index contributed by atoms with van der Waals surface area (Å²) in [5.74, 6) is 1.83. The minimum Gasteiger partial charge on any atom is -0.0586 e. The highest BCUT2D eigenvalue weighted by molar-refractivity contribution is 5.09. The van der Waals surface area contributed by atoms with Crippen molar-refractivity contribution in [3.63, 3.8) is 0 Å². The molecule has 0 bridgehead atoms. The molecule has 0 aliphatic heterocycles. The van der Waals surface area contributed by atoms with Crippen LogP contribution >= 0.6 is 0 Å². The van der Waals surface area contributed by atoms with E-state index in [-0.39, 0.29) is 0 Å². The Bertz CT molecular complexity index is 131. The van der Waals surface area contributed by atoms with E-state index in [1.807, 2.05) is 5.92 Å². The molecule has 0 heterocycles. The molecule has 2 aliphatic rings. The highest BCUT2D eigenvalue weighted by Gasteiger charge is 2.40. The lowest BCUT2D eigenvalue weighted by molar-refractivity contribution is 0.220. The second-order valence-electron chi connectivity index (χ2n) is 4.47. The van der Waals surface area contributed by atoms with Crippen LogP contribution in [0.25, 0.3) is 0 Å². The standard InChI is InChI=1S/C11H19/c1-10-6-5-9-11(10)7-3-2-4-8-11/h2-9H2,1H3. The van der Waals surface area contributed by atoms with Crippen LogP contribution in [0.5, 0.6) is 0 Å². The van der Waals surface area contributed by atoms with Gasteiger partial charge in [-0.15, -0.1) is 0 Å². The monoisotopic (exact) mass is 151 g/mol. The summed E-state index contributed by atoms with van der Waals surface area (Å²) in [6, 6.07) is 0. The second-order valence-corrected chi connectivity index (χ2v) is 4.47. The lowest BCUT2D eigenvalue weighted by atomic mass is 9.68. The van der Waals surface area contributed by atoms with Gasteiger partial charge in [0.1, 0.15) is 0 Å². The maximum atomic E-state index is 2.40. The van der Waals surface area contributed by atoms with Crippen molar-refractivity contribution in [2.24, 2.45) is 5.41 Å². The molecule has 2 saturated carbocycles. The molecule has 0 unspecified atom stereocenters. The predicted octanol–water partition coefficient (Wildman–Crippen LogP) is 3.72. The molecular weight excluding hydrogens is 132 g/mol. The summed E-state index contributed by atoms with van der Waals surface area (Å²) < 4.78 is 0. The minimum absolute atomic E-state index is 0.748. The van der Waals surface area contributed by atoms with Gasteiger partial charge in [-0.3, -0.25) is 0 Å². The Morgan fingerprint density at radius 1 is 0.909 bits per heavy atom. The van der Waals surface area contributed by atoms with Crippen LogP contribution in [0.15, 0.2) is 0 Å². The molecule has 0 heteroatoms. The van der Waals surface area contributed by atoms with Gasteiger partial charge in [0, 0.05) is 0 Å². The largest absolute Gasteiger partial charge is 0.0586 e. The molecule has 63 valence electrons. The first-order chi connectivity index (χ1) is 5.33. The maximum Gasteiger partial charge on any atom is -0.0210 e. The predicted molar refractivity (Wildman–Crippen MR) is 48.3 cm³/mol. The van der Waals surface area contributed by atoms with Gasteiger partial charge in [-0.2, -0.15) is 0 Å². The van der Waals surface area contributed by atoms with E-state index < -0.39 is 0 Å². The fourth-order valence-corrected chi connectivity index (χ4v) is 3.08. The molecule has 0 nitrogen and oxygen atoms in total. The van der Waals surface area contributed by atoms with Gasteiger partial charge in [0.2, 0.25) is 0 Å². The van der Waals surface area contributed by atoms with Crippen LogP contribution < -0.4 is 0 Å². The van der Waals surface area contributed by atoms with Crippen LogP contribution in [-0.2, 0) is 0 Å². The molecule has 0 aromatic carbocycles.